The number of hydrogen-bond donors (Lipinski definition) is 1. The molecule has 1 amide bonds. The summed E-state index contributed by atoms with van der Waals surface area (Å²) in [6.07, 6.45) is 0. The summed E-state index contributed by atoms with van der Waals surface area (Å²) in [6.45, 7) is 2.24. The largest absolute Gasteiger partial charge is 0.497 e. The van der Waals surface area contributed by atoms with Gasteiger partial charge in [-0.1, -0.05) is 23.9 Å². The van der Waals surface area contributed by atoms with Crippen LogP contribution in [0, 0.1) is 10.1 Å². The zero-order valence-corrected chi connectivity index (χ0v) is 16.3. The summed E-state index contributed by atoms with van der Waals surface area (Å²) >= 11 is 2.69. The predicted octanol–water partition coefficient (Wildman–Crippen LogP) is 4.01. The molecule has 140 valence electrons. The van der Waals surface area contributed by atoms with Crippen LogP contribution < -0.4 is 10.1 Å². The van der Waals surface area contributed by atoms with Crippen molar-refractivity contribution >= 4 is 44.9 Å². The molecule has 1 atom stereocenters. The molecule has 0 aliphatic heterocycles. The molecule has 0 saturated heterocycles. The second-order valence-corrected chi connectivity index (χ2v) is 8.33. The Morgan fingerprint density at radius 3 is 2.74 bits per heavy atom. The van der Waals surface area contributed by atoms with Gasteiger partial charge in [-0.2, -0.15) is 0 Å². The Bertz CT molecular complexity index is 972. The Morgan fingerprint density at radius 1 is 1.33 bits per heavy atom. The third-order valence-electron chi connectivity index (χ3n) is 3.84. The minimum absolute atomic E-state index is 0.0352. The van der Waals surface area contributed by atoms with E-state index < -0.39 is 4.92 Å². The van der Waals surface area contributed by atoms with Crippen LogP contribution in [0.3, 0.4) is 0 Å². The van der Waals surface area contributed by atoms with Crippen molar-refractivity contribution in [2.24, 2.45) is 0 Å². The molecule has 3 rings (SSSR count). The van der Waals surface area contributed by atoms with Crippen LogP contribution in [-0.2, 0) is 11.3 Å². The van der Waals surface area contributed by atoms with Gasteiger partial charge >= 0.3 is 0 Å². The maximum atomic E-state index is 12.3. The number of nitrogens with one attached hydrogen (secondary N) is 1. The lowest BCUT2D eigenvalue weighted by molar-refractivity contribution is -0.384. The number of thiazole rings is 1. The highest BCUT2D eigenvalue weighted by Gasteiger charge is 2.17. The quantitative estimate of drug-likeness (QED) is 0.364. The summed E-state index contributed by atoms with van der Waals surface area (Å²) in [6, 6.07) is 12.1. The normalized spacial score (nSPS) is 11.9. The number of hydrogen-bond acceptors (Lipinski definition) is 7. The summed E-state index contributed by atoms with van der Waals surface area (Å²) in [4.78, 5) is 27.2. The van der Waals surface area contributed by atoms with Crippen LogP contribution in [0.1, 0.15) is 12.5 Å². The zero-order valence-electron chi connectivity index (χ0n) is 14.7. The number of nitro benzene ring substituents is 1. The molecule has 1 heterocycles. The molecule has 0 unspecified atom stereocenters. The molecule has 1 N–H and O–H groups in total. The van der Waals surface area contributed by atoms with Crippen LogP contribution in [0.4, 0.5) is 5.69 Å². The summed E-state index contributed by atoms with van der Waals surface area (Å²) in [5.74, 6) is 0.672. The first-order valence-electron chi connectivity index (χ1n) is 8.08. The maximum Gasteiger partial charge on any atom is 0.270 e. The second-order valence-electron chi connectivity index (χ2n) is 5.71. The number of thioether (sulfide) groups is 1. The van der Waals surface area contributed by atoms with Gasteiger partial charge < -0.3 is 10.1 Å². The summed E-state index contributed by atoms with van der Waals surface area (Å²) in [7, 11) is 1.61. The number of ether oxygens (including phenoxy) is 1. The first kappa shape index (κ1) is 19.1. The lowest BCUT2D eigenvalue weighted by Gasteiger charge is -2.10. The number of benzene rings is 2. The number of aromatic nitrogens is 1. The molecule has 0 aliphatic carbocycles. The molecule has 0 saturated carbocycles. The fourth-order valence-corrected chi connectivity index (χ4v) is 4.61. The van der Waals surface area contributed by atoms with E-state index in [1.165, 1.54) is 35.2 Å². The topological polar surface area (TPSA) is 94.4 Å². The number of carbonyl (C=O) groups is 1. The molecule has 0 radical (unpaired) electrons. The van der Waals surface area contributed by atoms with E-state index >= 15 is 0 Å². The summed E-state index contributed by atoms with van der Waals surface area (Å²) in [5.41, 5.74) is 1.71. The van der Waals surface area contributed by atoms with Crippen molar-refractivity contribution in [3.8, 4) is 5.75 Å². The van der Waals surface area contributed by atoms with E-state index in [9.17, 15) is 14.9 Å². The third kappa shape index (κ3) is 4.75. The van der Waals surface area contributed by atoms with Crippen LogP contribution >= 0.6 is 23.1 Å². The minimum atomic E-state index is -0.429. The van der Waals surface area contributed by atoms with Crippen molar-refractivity contribution in [2.75, 3.05) is 7.11 Å². The van der Waals surface area contributed by atoms with Gasteiger partial charge in [-0.3, -0.25) is 14.9 Å². The molecule has 9 heteroatoms. The van der Waals surface area contributed by atoms with Crippen LogP contribution in [-0.4, -0.2) is 28.2 Å². The van der Waals surface area contributed by atoms with E-state index in [1.54, 1.807) is 13.2 Å². The van der Waals surface area contributed by atoms with E-state index in [4.69, 9.17) is 4.74 Å². The predicted molar refractivity (Wildman–Crippen MR) is 106 cm³/mol. The van der Waals surface area contributed by atoms with Gasteiger partial charge in [-0.25, -0.2) is 4.98 Å². The van der Waals surface area contributed by atoms with E-state index in [0.717, 1.165) is 16.0 Å². The SMILES string of the molecule is COc1ccc(CNC(=O)[C@H](C)Sc2nc3ccc([N+](=O)[O-])cc3s2)cc1. The van der Waals surface area contributed by atoms with Crippen LogP contribution in [0.5, 0.6) is 5.75 Å². The highest BCUT2D eigenvalue weighted by Crippen LogP contribution is 2.33. The molecule has 1 aromatic heterocycles. The van der Waals surface area contributed by atoms with E-state index in [1.807, 2.05) is 31.2 Å². The molecule has 3 aromatic rings. The van der Waals surface area contributed by atoms with Crippen molar-refractivity contribution in [3.05, 3.63) is 58.1 Å². The van der Waals surface area contributed by atoms with Crippen molar-refractivity contribution in [3.63, 3.8) is 0 Å². The van der Waals surface area contributed by atoms with E-state index in [0.29, 0.717) is 16.4 Å². The fourth-order valence-electron chi connectivity index (χ4n) is 2.34. The number of non-ortho nitro benzene ring substituents is 1. The average molecular weight is 403 g/mol. The lowest BCUT2D eigenvalue weighted by atomic mass is 10.2. The van der Waals surface area contributed by atoms with Gasteiger partial charge in [-0.05, 0) is 30.7 Å². The number of fused-ring (bicyclic) bond motifs is 1. The molecular formula is C18H17N3O4S2. The molecule has 0 bridgehead atoms. The molecule has 27 heavy (non-hydrogen) atoms. The Kier molecular flexibility index (Phi) is 5.92. The van der Waals surface area contributed by atoms with Gasteiger partial charge in [-0.15, -0.1) is 11.3 Å². The average Bonchev–Trinajstić information content (AvgIpc) is 3.07. The Morgan fingerprint density at radius 2 is 2.07 bits per heavy atom. The standard InChI is InChI=1S/C18H17N3O4S2/c1-11(17(22)19-10-12-3-6-14(25-2)7-4-12)26-18-20-15-8-5-13(21(23)24)9-16(15)27-18/h3-9,11H,10H2,1-2H3,(H,19,22)/t11-/m0/s1. The van der Waals surface area contributed by atoms with Crippen LogP contribution in [0.2, 0.25) is 0 Å². The zero-order chi connectivity index (χ0) is 19.4. The minimum Gasteiger partial charge on any atom is -0.497 e. The van der Waals surface area contributed by atoms with Crippen LogP contribution in [0.15, 0.2) is 46.8 Å². The smallest absolute Gasteiger partial charge is 0.270 e. The molecule has 2 aromatic carbocycles. The van der Waals surface area contributed by atoms with Gasteiger partial charge in [0, 0.05) is 18.7 Å². The number of rotatable bonds is 7. The Balaban J connectivity index is 1.60. The lowest BCUT2D eigenvalue weighted by Crippen LogP contribution is -2.30. The third-order valence-corrected chi connectivity index (χ3v) is 6.05. The first-order valence-corrected chi connectivity index (χ1v) is 9.78. The van der Waals surface area contributed by atoms with Crippen molar-refractivity contribution in [1.82, 2.24) is 10.3 Å². The van der Waals surface area contributed by atoms with Gasteiger partial charge in [0.2, 0.25) is 5.91 Å². The molecule has 0 fully saturated rings. The van der Waals surface area contributed by atoms with Gasteiger partial charge in [0.1, 0.15) is 5.75 Å². The van der Waals surface area contributed by atoms with Crippen molar-refractivity contribution < 1.29 is 14.5 Å². The molecule has 0 spiro atoms. The number of amides is 1. The summed E-state index contributed by atoms with van der Waals surface area (Å²) in [5, 5.41) is 13.4. The van der Waals surface area contributed by atoms with Gasteiger partial charge in [0.05, 0.1) is 27.5 Å². The number of carbonyl (C=O) groups excluding carboxylic acids is 1. The fraction of sp³-hybridized carbons (Fsp3) is 0.222. The molecular weight excluding hydrogens is 386 g/mol. The van der Waals surface area contributed by atoms with Gasteiger partial charge in [0.15, 0.2) is 4.34 Å². The number of nitrogens with zero attached hydrogens (tertiary/aromatic N) is 2. The Labute approximate surface area is 163 Å². The highest BCUT2D eigenvalue weighted by atomic mass is 32.2. The van der Waals surface area contributed by atoms with Crippen molar-refractivity contribution in [2.45, 2.75) is 23.1 Å². The van der Waals surface area contributed by atoms with E-state index in [-0.39, 0.29) is 16.8 Å². The highest BCUT2D eigenvalue weighted by molar-refractivity contribution is 8.02. The van der Waals surface area contributed by atoms with Gasteiger partial charge in [0.25, 0.3) is 5.69 Å². The monoisotopic (exact) mass is 403 g/mol. The molecule has 7 nitrogen and oxygen atoms in total. The van der Waals surface area contributed by atoms with Crippen LogP contribution in [0.25, 0.3) is 10.2 Å². The van der Waals surface area contributed by atoms with Crippen molar-refractivity contribution in [1.29, 1.82) is 0 Å². The summed E-state index contributed by atoms with van der Waals surface area (Å²) < 4.78 is 6.55. The number of nitro groups is 1. The first-order chi connectivity index (χ1) is 13.0. The van der Waals surface area contributed by atoms with E-state index in [2.05, 4.69) is 10.3 Å². The second kappa shape index (κ2) is 8.36. The molecule has 0 aliphatic rings. The Hall–Kier alpha value is -2.65. The maximum absolute atomic E-state index is 12.3. The number of methoxy groups -OCH3 is 1.